The molecule has 0 radical (unpaired) electrons. The molecule has 0 saturated heterocycles. The minimum absolute atomic E-state index is 1.04. The fourth-order valence-corrected chi connectivity index (χ4v) is 8.30. The topological polar surface area (TPSA) is 0 Å². The summed E-state index contributed by atoms with van der Waals surface area (Å²) in [6.07, 6.45) is 12.8. The first-order chi connectivity index (χ1) is 25.5. The number of aryl methyl sites for hydroxylation is 12. The highest BCUT2D eigenvalue weighted by molar-refractivity contribution is 5.91. The third-order valence-electron chi connectivity index (χ3n) is 12.0. The Hall–Kier alpha value is -4.94. The zero-order chi connectivity index (χ0) is 35.3. The van der Waals surface area contributed by atoms with E-state index in [2.05, 4.69) is 147 Å². The summed E-state index contributed by atoms with van der Waals surface area (Å²) >= 11 is 0. The van der Waals surface area contributed by atoms with Crippen molar-refractivity contribution in [3.8, 4) is 0 Å². The summed E-state index contributed by atoms with van der Waals surface area (Å²) in [6, 6.07) is 52.2. The van der Waals surface area contributed by atoms with E-state index < -0.39 is 0 Å². The smallest absolute Gasteiger partial charge is 0.0190 e. The average Bonchev–Trinajstić information content (AvgIpc) is 3.20. The molecule has 6 aromatic carbocycles. The van der Waals surface area contributed by atoms with Crippen molar-refractivity contribution in [3.05, 3.63) is 211 Å². The molecule has 52 heavy (non-hydrogen) atoms. The van der Waals surface area contributed by atoms with Crippen LogP contribution in [0.2, 0.25) is 0 Å². The summed E-state index contributed by atoms with van der Waals surface area (Å²) in [4.78, 5) is 0. The minimum Gasteiger partial charge on any atom is -0.0588 e. The molecule has 0 heteroatoms. The second kappa shape index (κ2) is 15.7. The largest absolute Gasteiger partial charge is 0.0588 e. The van der Waals surface area contributed by atoms with E-state index in [1.807, 2.05) is 0 Å². The Kier molecular flexibility index (Phi) is 10.3. The number of hydrogen-bond acceptors (Lipinski definition) is 0. The Morgan fingerprint density at radius 2 is 0.442 bits per heavy atom. The predicted molar refractivity (Wildman–Crippen MR) is 221 cm³/mol. The van der Waals surface area contributed by atoms with Gasteiger partial charge in [-0.05, 0) is 180 Å². The maximum Gasteiger partial charge on any atom is -0.0190 e. The van der Waals surface area contributed by atoms with Crippen molar-refractivity contribution in [2.45, 2.75) is 90.9 Å². The van der Waals surface area contributed by atoms with E-state index in [0.29, 0.717) is 0 Å². The molecule has 0 N–H and O–H groups in total. The van der Waals surface area contributed by atoms with E-state index in [0.717, 1.165) is 77.0 Å². The Morgan fingerprint density at radius 3 is 0.692 bits per heavy atom. The molecule has 0 unspecified atom stereocenters. The van der Waals surface area contributed by atoms with Crippen LogP contribution in [0, 0.1) is 0 Å². The van der Waals surface area contributed by atoms with Gasteiger partial charge in [-0.25, -0.2) is 0 Å². The molecular formula is C52H52. The summed E-state index contributed by atoms with van der Waals surface area (Å²) in [5.74, 6) is 0. The summed E-state index contributed by atoms with van der Waals surface area (Å²) in [5.41, 5.74) is 22.8. The lowest BCUT2D eigenvalue weighted by Gasteiger charge is -2.19. The van der Waals surface area contributed by atoms with Crippen molar-refractivity contribution in [1.82, 2.24) is 0 Å². The lowest BCUT2D eigenvalue weighted by Crippen LogP contribution is -2.03. The Bertz CT molecular complexity index is 2000. The average molecular weight is 677 g/mol. The zero-order valence-electron chi connectivity index (χ0n) is 31.2. The summed E-state index contributed by atoms with van der Waals surface area (Å²) in [6.45, 7) is 4.76. The van der Waals surface area contributed by atoms with Crippen molar-refractivity contribution in [3.63, 3.8) is 0 Å². The number of allylic oxidation sites excluding steroid dienone is 2. The Balaban J connectivity index is 1.16. The van der Waals surface area contributed by atoms with E-state index in [-0.39, 0.29) is 0 Å². The van der Waals surface area contributed by atoms with Crippen molar-refractivity contribution < 1.29 is 0 Å². The van der Waals surface area contributed by atoms with Gasteiger partial charge in [-0.3, -0.25) is 0 Å². The van der Waals surface area contributed by atoms with Crippen LogP contribution in [0.3, 0.4) is 0 Å². The SMILES string of the molecule is C/C(=C(\C)c1cc2ccc1CCc1ccc(cc1)CCc1ccc(cc1)CC2)c1cc2ccc1CCc1ccc(cc1)CCc1ccc(cc1)CC2. The molecular weight excluding hydrogens is 625 g/mol. The summed E-state index contributed by atoms with van der Waals surface area (Å²) in [7, 11) is 0. The van der Waals surface area contributed by atoms with Gasteiger partial charge in [-0.1, -0.05) is 133 Å². The minimum atomic E-state index is 1.04. The fourth-order valence-electron chi connectivity index (χ4n) is 8.30. The van der Waals surface area contributed by atoms with Crippen LogP contribution in [0.25, 0.3) is 11.1 Å². The second-order valence-corrected chi connectivity index (χ2v) is 15.5. The third kappa shape index (κ3) is 8.24. The molecule has 0 heterocycles. The quantitative estimate of drug-likeness (QED) is 0.160. The Morgan fingerprint density at radius 1 is 0.250 bits per heavy atom. The lowest BCUT2D eigenvalue weighted by molar-refractivity contribution is 0.918. The van der Waals surface area contributed by atoms with Gasteiger partial charge in [0.2, 0.25) is 0 Å². The molecule has 18 rings (SSSR count). The van der Waals surface area contributed by atoms with Crippen LogP contribution in [0.15, 0.2) is 133 Å². The molecule has 12 aliphatic carbocycles. The van der Waals surface area contributed by atoms with Gasteiger partial charge in [-0.2, -0.15) is 0 Å². The monoisotopic (exact) mass is 676 g/mol. The van der Waals surface area contributed by atoms with Gasteiger partial charge in [0, 0.05) is 0 Å². The first-order valence-corrected chi connectivity index (χ1v) is 19.8. The highest BCUT2D eigenvalue weighted by atomic mass is 14.2. The van der Waals surface area contributed by atoms with Crippen molar-refractivity contribution in [2.24, 2.45) is 0 Å². The van der Waals surface area contributed by atoms with Gasteiger partial charge in [-0.15, -0.1) is 0 Å². The van der Waals surface area contributed by atoms with Crippen molar-refractivity contribution in [1.29, 1.82) is 0 Å². The molecule has 6 aromatic rings. The molecule has 12 aliphatic rings. The molecule has 260 valence electrons. The summed E-state index contributed by atoms with van der Waals surface area (Å²) in [5, 5.41) is 0. The molecule has 0 fully saturated rings. The molecule has 0 saturated carbocycles. The number of hydrogen-bond donors (Lipinski definition) is 0. The highest BCUT2D eigenvalue weighted by Crippen LogP contribution is 2.33. The van der Waals surface area contributed by atoms with Crippen LogP contribution < -0.4 is 0 Å². The highest BCUT2D eigenvalue weighted by Gasteiger charge is 2.15. The molecule has 0 amide bonds. The van der Waals surface area contributed by atoms with E-state index in [1.165, 1.54) is 89.0 Å². The third-order valence-corrected chi connectivity index (χ3v) is 12.0. The van der Waals surface area contributed by atoms with Gasteiger partial charge in [0.05, 0.1) is 0 Å². The molecule has 0 aromatic heterocycles. The first-order valence-electron chi connectivity index (χ1n) is 19.8. The molecule has 0 spiro atoms. The van der Waals surface area contributed by atoms with Crippen molar-refractivity contribution >= 4 is 11.1 Å². The first kappa shape index (κ1) is 34.2. The second-order valence-electron chi connectivity index (χ2n) is 15.5. The lowest BCUT2D eigenvalue weighted by atomic mass is 9.86. The fraction of sp³-hybridized carbons (Fsp3) is 0.269. The predicted octanol–water partition coefficient (Wildman–Crippen LogP) is 12.0. The van der Waals surface area contributed by atoms with E-state index in [9.17, 15) is 0 Å². The van der Waals surface area contributed by atoms with Gasteiger partial charge >= 0.3 is 0 Å². The number of rotatable bonds is 2. The van der Waals surface area contributed by atoms with Crippen LogP contribution in [-0.4, -0.2) is 0 Å². The van der Waals surface area contributed by atoms with E-state index >= 15 is 0 Å². The van der Waals surface area contributed by atoms with Gasteiger partial charge in [0.25, 0.3) is 0 Å². The zero-order valence-corrected chi connectivity index (χ0v) is 31.2. The van der Waals surface area contributed by atoms with Gasteiger partial charge < -0.3 is 0 Å². The van der Waals surface area contributed by atoms with Crippen LogP contribution in [0.5, 0.6) is 0 Å². The molecule has 0 aliphatic heterocycles. The van der Waals surface area contributed by atoms with E-state index in [4.69, 9.17) is 0 Å². The van der Waals surface area contributed by atoms with Crippen LogP contribution in [0.1, 0.15) is 91.7 Å². The van der Waals surface area contributed by atoms with Crippen molar-refractivity contribution in [2.75, 3.05) is 0 Å². The van der Waals surface area contributed by atoms with E-state index in [1.54, 1.807) is 0 Å². The van der Waals surface area contributed by atoms with Crippen LogP contribution in [-0.2, 0) is 77.0 Å². The Labute approximate surface area is 312 Å². The van der Waals surface area contributed by atoms with Gasteiger partial charge in [0.15, 0.2) is 0 Å². The maximum absolute atomic E-state index is 2.52. The number of benzene rings is 6. The normalized spacial score (nSPS) is 15.3. The molecule has 12 bridgehead atoms. The maximum atomic E-state index is 2.52. The molecule has 0 atom stereocenters. The van der Waals surface area contributed by atoms with Crippen LogP contribution >= 0.6 is 0 Å². The summed E-state index contributed by atoms with van der Waals surface area (Å²) < 4.78 is 0. The van der Waals surface area contributed by atoms with Gasteiger partial charge in [0.1, 0.15) is 0 Å². The molecule has 0 nitrogen and oxygen atoms in total. The van der Waals surface area contributed by atoms with Crippen LogP contribution in [0.4, 0.5) is 0 Å². The standard InChI is InChI=1S/C52H52/c1-37(51-35-47-25-23-43-11-7-39(8-12-43)3-5-41-15-19-45(20-16-41)27-31-49(51)33-29-47)38(2)52-36-48-26-24-44-13-9-40(10-14-44)4-6-42-17-21-46(22-18-42)28-32-50(52)34-30-48/h7-22,29-30,33-36H,3-6,23-28,31-32H2,1-2H3/b38-37-.